The van der Waals surface area contributed by atoms with Crippen molar-refractivity contribution in [3.05, 3.63) is 10.4 Å². The lowest BCUT2D eigenvalue weighted by Crippen LogP contribution is -2.48. The molecule has 0 aromatic heterocycles. The Hall–Kier alpha value is -0.770. The summed E-state index contributed by atoms with van der Waals surface area (Å²) in [4.78, 5) is 2.86. The minimum Gasteiger partial charge on any atom is -0.355 e. The first-order valence-corrected chi connectivity index (χ1v) is 5.38. The number of hydrogen-bond donors (Lipinski definition) is 0. The first kappa shape index (κ1) is 12.3. The SMILES string of the molecule is CCC1O[C@H](OC)C(N=[N+]=[N-])[C@@H](C)[C@@H]1C. The summed E-state index contributed by atoms with van der Waals surface area (Å²) in [5, 5.41) is 3.77. The molecule has 0 aromatic rings. The molecule has 0 aromatic carbocycles. The second kappa shape index (κ2) is 5.35. The summed E-state index contributed by atoms with van der Waals surface area (Å²) < 4.78 is 11.0. The zero-order valence-corrected chi connectivity index (χ0v) is 9.75. The Morgan fingerprint density at radius 3 is 2.53 bits per heavy atom. The van der Waals surface area contributed by atoms with Crippen molar-refractivity contribution in [2.24, 2.45) is 17.0 Å². The Morgan fingerprint density at radius 1 is 1.40 bits per heavy atom. The van der Waals surface area contributed by atoms with Gasteiger partial charge >= 0.3 is 0 Å². The number of ether oxygens (including phenoxy) is 2. The van der Waals surface area contributed by atoms with Gasteiger partial charge in [0.1, 0.15) is 0 Å². The molecule has 1 aliphatic rings. The van der Waals surface area contributed by atoms with Crippen molar-refractivity contribution in [2.45, 2.75) is 45.6 Å². The maximum atomic E-state index is 8.51. The van der Waals surface area contributed by atoms with Crippen molar-refractivity contribution in [1.82, 2.24) is 0 Å². The van der Waals surface area contributed by atoms with Crippen LogP contribution in [0.25, 0.3) is 10.4 Å². The monoisotopic (exact) mass is 213 g/mol. The molecule has 0 N–H and O–H groups in total. The highest BCUT2D eigenvalue weighted by molar-refractivity contribution is 4.88. The molecule has 0 spiro atoms. The number of hydrogen-bond acceptors (Lipinski definition) is 3. The van der Waals surface area contributed by atoms with Crippen molar-refractivity contribution < 1.29 is 9.47 Å². The van der Waals surface area contributed by atoms with E-state index in [2.05, 4.69) is 30.8 Å². The molecule has 5 atom stereocenters. The summed E-state index contributed by atoms with van der Waals surface area (Å²) in [5.41, 5.74) is 8.51. The van der Waals surface area contributed by atoms with Crippen LogP contribution in [0.2, 0.25) is 0 Å². The van der Waals surface area contributed by atoms with Gasteiger partial charge in [0.25, 0.3) is 0 Å². The lowest BCUT2D eigenvalue weighted by atomic mass is 9.81. The molecular weight excluding hydrogens is 194 g/mol. The van der Waals surface area contributed by atoms with Crippen molar-refractivity contribution in [1.29, 1.82) is 0 Å². The van der Waals surface area contributed by atoms with Gasteiger partial charge in [0, 0.05) is 12.0 Å². The Bertz CT molecular complexity index is 251. The number of azide groups is 1. The predicted molar refractivity (Wildman–Crippen MR) is 57.2 cm³/mol. The average Bonchev–Trinajstić information content (AvgIpc) is 2.25. The van der Waals surface area contributed by atoms with Gasteiger partial charge in [-0.2, -0.15) is 0 Å². The van der Waals surface area contributed by atoms with Gasteiger partial charge < -0.3 is 9.47 Å². The Labute approximate surface area is 90.4 Å². The van der Waals surface area contributed by atoms with Crippen LogP contribution in [0.3, 0.4) is 0 Å². The van der Waals surface area contributed by atoms with Gasteiger partial charge in [0.2, 0.25) is 0 Å². The molecule has 86 valence electrons. The van der Waals surface area contributed by atoms with E-state index < -0.39 is 6.29 Å². The first-order chi connectivity index (χ1) is 7.15. The smallest absolute Gasteiger partial charge is 0.166 e. The molecule has 0 amide bonds. The summed E-state index contributed by atoms with van der Waals surface area (Å²) in [7, 11) is 1.58. The Kier molecular flexibility index (Phi) is 4.39. The van der Waals surface area contributed by atoms with Crippen LogP contribution in [0, 0.1) is 11.8 Å². The third-order valence-electron chi connectivity index (χ3n) is 3.36. The van der Waals surface area contributed by atoms with Crippen molar-refractivity contribution in [2.75, 3.05) is 7.11 Å². The molecule has 15 heavy (non-hydrogen) atoms. The molecular formula is C10H19N3O2. The second-order valence-electron chi connectivity index (χ2n) is 4.10. The standard InChI is InChI=1S/C10H19N3O2/c1-5-8-6(2)7(3)9(12-13-11)10(14-4)15-8/h6-10H,5H2,1-4H3/t6-,7-,8?,9?,10-/m0/s1. The highest BCUT2D eigenvalue weighted by Gasteiger charge is 2.40. The minimum atomic E-state index is -0.406. The zero-order chi connectivity index (χ0) is 11.4. The van der Waals surface area contributed by atoms with Crippen LogP contribution >= 0.6 is 0 Å². The summed E-state index contributed by atoms with van der Waals surface area (Å²) >= 11 is 0. The number of rotatable bonds is 3. The first-order valence-electron chi connectivity index (χ1n) is 5.38. The molecule has 0 aliphatic carbocycles. The molecule has 1 saturated heterocycles. The molecule has 1 aliphatic heterocycles. The fraction of sp³-hybridized carbons (Fsp3) is 1.00. The zero-order valence-electron chi connectivity index (χ0n) is 9.75. The maximum absolute atomic E-state index is 8.51. The summed E-state index contributed by atoms with van der Waals surface area (Å²) in [6.07, 6.45) is 0.737. The van der Waals surface area contributed by atoms with E-state index in [1.165, 1.54) is 0 Å². The summed E-state index contributed by atoms with van der Waals surface area (Å²) in [5.74, 6) is 0.668. The Morgan fingerprint density at radius 2 is 2.07 bits per heavy atom. The van der Waals surface area contributed by atoms with Crippen molar-refractivity contribution >= 4 is 0 Å². The molecule has 1 fully saturated rings. The number of nitrogens with zero attached hydrogens (tertiary/aromatic N) is 3. The molecule has 1 heterocycles. The highest BCUT2D eigenvalue weighted by Crippen LogP contribution is 2.34. The van der Waals surface area contributed by atoms with Gasteiger partial charge in [-0.25, -0.2) is 0 Å². The maximum Gasteiger partial charge on any atom is 0.166 e. The molecule has 0 saturated carbocycles. The van der Waals surface area contributed by atoms with E-state index in [-0.39, 0.29) is 18.1 Å². The third kappa shape index (κ3) is 2.43. The van der Waals surface area contributed by atoms with Crippen LogP contribution in [0.1, 0.15) is 27.2 Å². The quantitative estimate of drug-likeness (QED) is 0.411. The second-order valence-corrected chi connectivity index (χ2v) is 4.10. The van der Waals surface area contributed by atoms with Crippen LogP contribution in [-0.2, 0) is 9.47 Å². The number of methoxy groups -OCH3 is 1. The van der Waals surface area contributed by atoms with Crippen LogP contribution in [0.4, 0.5) is 0 Å². The highest BCUT2D eigenvalue weighted by atomic mass is 16.7. The van der Waals surface area contributed by atoms with E-state index in [0.29, 0.717) is 5.92 Å². The molecule has 0 radical (unpaired) electrons. The summed E-state index contributed by atoms with van der Waals surface area (Å²) in [6.45, 7) is 6.31. The van der Waals surface area contributed by atoms with Crippen molar-refractivity contribution in [3.63, 3.8) is 0 Å². The molecule has 2 unspecified atom stereocenters. The average molecular weight is 213 g/mol. The van der Waals surface area contributed by atoms with Gasteiger partial charge in [0.15, 0.2) is 6.29 Å². The van der Waals surface area contributed by atoms with Crippen LogP contribution in [0.5, 0.6) is 0 Å². The minimum absolute atomic E-state index is 0.190. The molecule has 1 rings (SSSR count). The Balaban J connectivity index is 2.83. The third-order valence-corrected chi connectivity index (χ3v) is 3.36. The lowest BCUT2D eigenvalue weighted by Gasteiger charge is -2.42. The normalized spacial score (nSPS) is 40.9. The van der Waals surface area contributed by atoms with E-state index in [1.54, 1.807) is 7.11 Å². The van der Waals surface area contributed by atoms with E-state index >= 15 is 0 Å². The van der Waals surface area contributed by atoms with Gasteiger partial charge in [-0.05, 0) is 23.8 Å². The van der Waals surface area contributed by atoms with Crippen molar-refractivity contribution in [3.8, 4) is 0 Å². The topological polar surface area (TPSA) is 67.2 Å². The molecule has 5 heteroatoms. The van der Waals surface area contributed by atoms with E-state index in [1.807, 2.05) is 0 Å². The van der Waals surface area contributed by atoms with Gasteiger partial charge in [0.05, 0.1) is 12.1 Å². The van der Waals surface area contributed by atoms with Gasteiger partial charge in [-0.1, -0.05) is 25.9 Å². The van der Waals surface area contributed by atoms with Crippen LogP contribution in [0.15, 0.2) is 5.11 Å². The van der Waals surface area contributed by atoms with Crippen LogP contribution in [-0.4, -0.2) is 25.5 Å². The summed E-state index contributed by atoms with van der Waals surface area (Å²) in [6, 6.07) is -0.224. The fourth-order valence-corrected chi connectivity index (χ4v) is 2.16. The van der Waals surface area contributed by atoms with E-state index in [0.717, 1.165) is 6.42 Å². The lowest BCUT2D eigenvalue weighted by molar-refractivity contribution is -0.219. The molecule has 0 bridgehead atoms. The van der Waals surface area contributed by atoms with Gasteiger partial charge in [-0.15, -0.1) is 0 Å². The predicted octanol–water partition coefficient (Wildman–Crippen LogP) is 2.72. The fourth-order valence-electron chi connectivity index (χ4n) is 2.16. The van der Waals surface area contributed by atoms with E-state index in [9.17, 15) is 0 Å². The van der Waals surface area contributed by atoms with Crippen LogP contribution < -0.4 is 0 Å². The largest absolute Gasteiger partial charge is 0.355 e. The van der Waals surface area contributed by atoms with E-state index in [4.69, 9.17) is 15.0 Å². The van der Waals surface area contributed by atoms with Gasteiger partial charge in [-0.3, -0.25) is 0 Å². The molecule has 5 nitrogen and oxygen atoms in total.